The molecule has 1 N–H and O–H groups in total. The second-order valence-electron chi connectivity index (χ2n) is 6.40. The Bertz CT molecular complexity index is 884. The summed E-state index contributed by atoms with van der Waals surface area (Å²) in [6.45, 7) is 2.20. The van der Waals surface area contributed by atoms with Crippen LogP contribution in [0.4, 0.5) is 11.4 Å². The number of amides is 2. The van der Waals surface area contributed by atoms with E-state index in [9.17, 15) is 9.59 Å². The monoisotopic (exact) mass is 388 g/mol. The Balaban J connectivity index is 1.73. The van der Waals surface area contributed by atoms with Crippen LogP contribution in [-0.2, 0) is 9.59 Å². The summed E-state index contributed by atoms with van der Waals surface area (Å²) < 4.78 is 10.5. The summed E-state index contributed by atoms with van der Waals surface area (Å²) in [7, 11) is 3.09. The van der Waals surface area contributed by atoms with Gasteiger partial charge in [-0.25, -0.2) is 0 Å². The van der Waals surface area contributed by atoms with Gasteiger partial charge in [0.25, 0.3) is 0 Å². The van der Waals surface area contributed by atoms with Crippen molar-refractivity contribution in [2.24, 2.45) is 5.92 Å². The minimum absolute atomic E-state index is 0.107. The summed E-state index contributed by atoms with van der Waals surface area (Å²) in [5, 5.41) is 3.42. The number of aryl methyl sites for hydroxylation is 1. The van der Waals surface area contributed by atoms with Crippen LogP contribution in [0.5, 0.6) is 11.5 Å². The highest BCUT2D eigenvalue weighted by molar-refractivity contribution is 6.31. The summed E-state index contributed by atoms with van der Waals surface area (Å²) in [5.74, 6) is 0.365. The molecule has 1 heterocycles. The van der Waals surface area contributed by atoms with Crippen molar-refractivity contribution in [2.75, 3.05) is 31.0 Å². The number of hydrogen-bond donors (Lipinski definition) is 1. The van der Waals surface area contributed by atoms with Crippen molar-refractivity contribution < 1.29 is 19.1 Å². The van der Waals surface area contributed by atoms with Gasteiger partial charge >= 0.3 is 0 Å². The molecule has 1 saturated heterocycles. The molecule has 1 fully saturated rings. The van der Waals surface area contributed by atoms with Gasteiger partial charge in [0.1, 0.15) is 0 Å². The number of nitrogens with zero attached hydrogens (tertiary/aromatic N) is 1. The second kappa shape index (κ2) is 7.88. The number of hydrogen-bond acceptors (Lipinski definition) is 4. The maximum absolute atomic E-state index is 12.6. The number of methoxy groups -OCH3 is 2. The van der Waals surface area contributed by atoms with E-state index < -0.39 is 5.92 Å². The molecule has 1 aliphatic rings. The van der Waals surface area contributed by atoms with E-state index in [1.165, 1.54) is 7.11 Å². The first-order valence-corrected chi connectivity index (χ1v) is 8.90. The molecule has 1 unspecified atom stereocenters. The smallest absolute Gasteiger partial charge is 0.229 e. The lowest BCUT2D eigenvalue weighted by Crippen LogP contribution is -2.28. The zero-order chi connectivity index (χ0) is 19.6. The van der Waals surface area contributed by atoms with Crippen molar-refractivity contribution in [1.29, 1.82) is 0 Å². The van der Waals surface area contributed by atoms with Gasteiger partial charge in [-0.05, 0) is 36.8 Å². The first kappa shape index (κ1) is 19.0. The number of nitrogens with one attached hydrogen (secondary N) is 1. The molecule has 6 nitrogen and oxygen atoms in total. The Morgan fingerprint density at radius 3 is 2.56 bits per heavy atom. The molecule has 0 aliphatic carbocycles. The Hall–Kier alpha value is -2.73. The molecule has 0 radical (unpaired) electrons. The zero-order valence-corrected chi connectivity index (χ0v) is 16.2. The van der Waals surface area contributed by atoms with Crippen LogP contribution in [0.2, 0.25) is 5.02 Å². The molecule has 2 aromatic rings. The third-order valence-corrected chi connectivity index (χ3v) is 5.02. The predicted octanol–water partition coefficient (Wildman–Crippen LogP) is 3.66. The molecule has 0 bridgehead atoms. The number of carbonyl (C=O) groups excluding carboxylic acids is 2. The Labute approximate surface area is 163 Å². The minimum atomic E-state index is -0.439. The third-order valence-electron chi connectivity index (χ3n) is 4.61. The van der Waals surface area contributed by atoms with Gasteiger partial charge in [-0.2, -0.15) is 0 Å². The summed E-state index contributed by atoms with van der Waals surface area (Å²) in [6, 6.07) is 10.6. The van der Waals surface area contributed by atoms with Crippen molar-refractivity contribution in [1.82, 2.24) is 0 Å². The average molecular weight is 389 g/mol. The number of rotatable bonds is 5. The van der Waals surface area contributed by atoms with Crippen LogP contribution in [-0.4, -0.2) is 32.6 Å². The number of anilines is 2. The molecule has 1 atom stereocenters. The highest BCUT2D eigenvalue weighted by Gasteiger charge is 2.35. The number of benzene rings is 2. The highest BCUT2D eigenvalue weighted by Crippen LogP contribution is 2.34. The molecule has 0 saturated carbocycles. The van der Waals surface area contributed by atoms with Gasteiger partial charge in [-0.1, -0.05) is 17.7 Å². The first-order valence-electron chi connectivity index (χ1n) is 8.52. The van der Waals surface area contributed by atoms with Gasteiger partial charge in [-0.3, -0.25) is 9.59 Å². The summed E-state index contributed by atoms with van der Waals surface area (Å²) in [6.07, 6.45) is 0.153. The fraction of sp³-hybridized carbons (Fsp3) is 0.300. The lowest BCUT2D eigenvalue weighted by Gasteiger charge is -2.18. The summed E-state index contributed by atoms with van der Waals surface area (Å²) in [4.78, 5) is 26.6. The lowest BCUT2D eigenvalue weighted by molar-refractivity contribution is -0.122. The van der Waals surface area contributed by atoms with Gasteiger partial charge < -0.3 is 19.7 Å². The number of carbonyl (C=O) groups is 2. The molecule has 2 aromatic carbocycles. The standard InChI is InChI=1S/C20H21ClN2O4/c1-12-4-5-14(9-16(12)21)22-20(25)13-8-19(24)23(11-13)15-6-7-17(26-2)18(10-15)27-3/h4-7,9-10,13H,8,11H2,1-3H3,(H,22,25). The van der Waals surface area contributed by atoms with Crippen LogP contribution in [0.1, 0.15) is 12.0 Å². The van der Waals surface area contributed by atoms with Crippen LogP contribution in [0.15, 0.2) is 36.4 Å². The summed E-state index contributed by atoms with van der Waals surface area (Å²) >= 11 is 6.10. The van der Waals surface area contributed by atoms with Gasteiger partial charge in [0.15, 0.2) is 11.5 Å². The van der Waals surface area contributed by atoms with Crippen LogP contribution in [0, 0.1) is 12.8 Å². The van der Waals surface area contributed by atoms with Crippen LogP contribution >= 0.6 is 11.6 Å². The van der Waals surface area contributed by atoms with Crippen LogP contribution in [0.3, 0.4) is 0 Å². The van der Waals surface area contributed by atoms with Crippen molar-refractivity contribution in [2.45, 2.75) is 13.3 Å². The van der Waals surface area contributed by atoms with Crippen molar-refractivity contribution in [3.63, 3.8) is 0 Å². The van der Waals surface area contributed by atoms with Crippen LogP contribution < -0.4 is 19.7 Å². The van der Waals surface area contributed by atoms with E-state index in [0.29, 0.717) is 34.4 Å². The largest absolute Gasteiger partial charge is 0.493 e. The molecule has 142 valence electrons. The van der Waals surface area contributed by atoms with Gasteiger partial charge in [0, 0.05) is 35.4 Å². The highest BCUT2D eigenvalue weighted by atomic mass is 35.5. The maximum Gasteiger partial charge on any atom is 0.229 e. The van der Waals surface area contributed by atoms with Gasteiger partial charge in [0.05, 0.1) is 20.1 Å². The van der Waals surface area contributed by atoms with Gasteiger partial charge in [0.2, 0.25) is 11.8 Å². The molecular weight excluding hydrogens is 368 g/mol. The average Bonchev–Trinajstić information content (AvgIpc) is 3.06. The molecule has 1 aliphatic heterocycles. The molecule has 27 heavy (non-hydrogen) atoms. The van der Waals surface area contributed by atoms with E-state index in [4.69, 9.17) is 21.1 Å². The van der Waals surface area contributed by atoms with Crippen molar-refractivity contribution in [3.8, 4) is 11.5 Å². The van der Waals surface area contributed by atoms with E-state index in [1.807, 2.05) is 13.0 Å². The third kappa shape index (κ3) is 4.01. The molecule has 0 spiro atoms. The van der Waals surface area contributed by atoms with Crippen molar-refractivity contribution >= 4 is 34.8 Å². The van der Waals surface area contributed by atoms with E-state index in [-0.39, 0.29) is 18.2 Å². The number of ether oxygens (including phenoxy) is 2. The lowest BCUT2D eigenvalue weighted by atomic mass is 10.1. The molecular formula is C20H21ClN2O4. The fourth-order valence-corrected chi connectivity index (χ4v) is 3.22. The topological polar surface area (TPSA) is 67.9 Å². The maximum atomic E-state index is 12.6. The zero-order valence-electron chi connectivity index (χ0n) is 15.4. The molecule has 3 rings (SSSR count). The Morgan fingerprint density at radius 1 is 1.15 bits per heavy atom. The number of halogens is 1. The van der Waals surface area contributed by atoms with E-state index in [1.54, 1.807) is 42.3 Å². The Kier molecular flexibility index (Phi) is 5.56. The first-order chi connectivity index (χ1) is 12.9. The molecule has 7 heteroatoms. The van der Waals surface area contributed by atoms with Crippen LogP contribution in [0.25, 0.3) is 0 Å². The van der Waals surface area contributed by atoms with E-state index in [0.717, 1.165) is 5.56 Å². The van der Waals surface area contributed by atoms with Gasteiger partial charge in [-0.15, -0.1) is 0 Å². The normalized spacial score (nSPS) is 16.4. The molecule has 0 aromatic heterocycles. The minimum Gasteiger partial charge on any atom is -0.493 e. The quantitative estimate of drug-likeness (QED) is 0.848. The SMILES string of the molecule is COc1ccc(N2CC(C(=O)Nc3ccc(C)c(Cl)c3)CC2=O)cc1OC. The van der Waals surface area contributed by atoms with E-state index >= 15 is 0 Å². The molecule has 2 amide bonds. The van der Waals surface area contributed by atoms with Crippen molar-refractivity contribution in [3.05, 3.63) is 47.0 Å². The van der Waals surface area contributed by atoms with E-state index in [2.05, 4.69) is 5.32 Å². The second-order valence-corrected chi connectivity index (χ2v) is 6.81. The summed E-state index contributed by atoms with van der Waals surface area (Å²) in [5.41, 5.74) is 2.23. The Morgan fingerprint density at radius 2 is 1.89 bits per heavy atom. The fourth-order valence-electron chi connectivity index (χ4n) is 3.04. The predicted molar refractivity (Wildman–Crippen MR) is 105 cm³/mol.